The molecule has 3 rings (SSSR count). The van der Waals surface area contributed by atoms with E-state index in [9.17, 15) is 14.4 Å². The summed E-state index contributed by atoms with van der Waals surface area (Å²) in [7, 11) is 0. The molecule has 0 bridgehead atoms. The van der Waals surface area contributed by atoms with E-state index in [0.717, 1.165) is 24.1 Å². The third kappa shape index (κ3) is 3.02. The highest BCUT2D eigenvalue weighted by molar-refractivity contribution is 6.16. The van der Waals surface area contributed by atoms with Gasteiger partial charge >= 0.3 is 6.03 Å². The Morgan fingerprint density at radius 2 is 2.13 bits per heavy atom. The fourth-order valence-corrected chi connectivity index (χ4v) is 2.96. The van der Waals surface area contributed by atoms with Crippen molar-refractivity contribution in [1.82, 2.24) is 15.2 Å². The maximum absolute atomic E-state index is 12.7. The molecule has 3 heterocycles. The third-order valence-electron chi connectivity index (χ3n) is 4.17. The highest BCUT2D eigenvalue weighted by atomic mass is 16.2. The minimum Gasteiger partial charge on any atom is -0.370 e. The zero-order valence-corrected chi connectivity index (χ0v) is 12.7. The van der Waals surface area contributed by atoms with Gasteiger partial charge in [0.2, 0.25) is 11.8 Å². The SMILES string of the molecule is NC(=O)CCN1CCC(=O)N(c2cncc3c2CCNC3)C1=O. The molecule has 122 valence electrons. The summed E-state index contributed by atoms with van der Waals surface area (Å²) in [5, 5.41) is 3.24. The van der Waals surface area contributed by atoms with Crippen LogP contribution in [0.5, 0.6) is 0 Å². The number of hydrogen-bond acceptors (Lipinski definition) is 5. The van der Waals surface area contributed by atoms with Crippen LogP contribution < -0.4 is 16.0 Å². The maximum atomic E-state index is 12.7. The van der Waals surface area contributed by atoms with Crippen LogP contribution in [0.3, 0.4) is 0 Å². The number of anilines is 1. The Labute approximate surface area is 133 Å². The van der Waals surface area contributed by atoms with Gasteiger partial charge in [0.15, 0.2) is 0 Å². The molecule has 1 fully saturated rings. The first-order valence-corrected chi connectivity index (χ1v) is 7.64. The van der Waals surface area contributed by atoms with E-state index < -0.39 is 11.9 Å². The molecule has 0 spiro atoms. The zero-order valence-electron chi connectivity index (χ0n) is 12.7. The van der Waals surface area contributed by atoms with E-state index in [-0.39, 0.29) is 25.3 Å². The molecule has 1 saturated heterocycles. The van der Waals surface area contributed by atoms with Crippen LogP contribution >= 0.6 is 0 Å². The van der Waals surface area contributed by atoms with Crippen LogP contribution in [0.1, 0.15) is 24.0 Å². The van der Waals surface area contributed by atoms with Gasteiger partial charge in [-0.1, -0.05) is 0 Å². The summed E-state index contributed by atoms with van der Waals surface area (Å²) in [5.74, 6) is -0.704. The lowest BCUT2D eigenvalue weighted by Crippen LogP contribution is -2.53. The molecule has 1 aromatic rings. The van der Waals surface area contributed by atoms with Crippen molar-refractivity contribution >= 4 is 23.5 Å². The van der Waals surface area contributed by atoms with Crippen LogP contribution in [-0.4, -0.2) is 47.4 Å². The average molecular weight is 317 g/mol. The normalized spacial score (nSPS) is 18.1. The van der Waals surface area contributed by atoms with Gasteiger partial charge < -0.3 is 16.0 Å². The molecule has 4 amide bonds. The number of amides is 4. The quantitative estimate of drug-likeness (QED) is 0.797. The van der Waals surface area contributed by atoms with E-state index in [0.29, 0.717) is 18.8 Å². The second kappa shape index (κ2) is 6.33. The highest BCUT2D eigenvalue weighted by Gasteiger charge is 2.35. The molecule has 0 aromatic carbocycles. The lowest BCUT2D eigenvalue weighted by molar-refractivity contribution is -0.119. The number of fused-ring (bicyclic) bond motifs is 1. The average Bonchev–Trinajstić information content (AvgIpc) is 2.54. The monoisotopic (exact) mass is 317 g/mol. The number of carbonyl (C=O) groups excluding carboxylic acids is 3. The summed E-state index contributed by atoms with van der Waals surface area (Å²) in [6.45, 7) is 2.01. The largest absolute Gasteiger partial charge is 0.370 e. The minimum atomic E-state index is -0.467. The van der Waals surface area contributed by atoms with Crippen LogP contribution in [0.25, 0.3) is 0 Å². The van der Waals surface area contributed by atoms with Crippen molar-refractivity contribution in [2.24, 2.45) is 5.73 Å². The number of hydrogen-bond donors (Lipinski definition) is 2. The first kappa shape index (κ1) is 15.4. The summed E-state index contributed by atoms with van der Waals surface area (Å²) in [6, 6.07) is -0.406. The third-order valence-corrected chi connectivity index (χ3v) is 4.17. The molecular weight excluding hydrogens is 298 g/mol. The van der Waals surface area contributed by atoms with Crippen LogP contribution in [0.2, 0.25) is 0 Å². The van der Waals surface area contributed by atoms with Gasteiger partial charge in [-0.3, -0.25) is 14.6 Å². The Morgan fingerprint density at radius 3 is 2.91 bits per heavy atom. The minimum absolute atomic E-state index is 0.0861. The predicted octanol–water partition coefficient (Wildman–Crippen LogP) is -0.239. The summed E-state index contributed by atoms with van der Waals surface area (Å²) < 4.78 is 0. The van der Waals surface area contributed by atoms with Crippen molar-refractivity contribution in [1.29, 1.82) is 0 Å². The highest BCUT2D eigenvalue weighted by Crippen LogP contribution is 2.28. The summed E-state index contributed by atoms with van der Waals surface area (Å²) >= 11 is 0. The fourth-order valence-electron chi connectivity index (χ4n) is 2.96. The topological polar surface area (TPSA) is 109 Å². The van der Waals surface area contributed by atoms with Crippen LogP contribution in [0.4, 0.5) is 10.5 Å². The molecular formula is C15H19N5O3. The molecule has 0 saturated carbocycles. The van der Waals surface area contributed by atoms with Crippen LogP contribution in [-0.2, 0) is 22.6 Å². The van der Waals surface area contributed by atoms with Gasteiger partial charge in [0.25, 0.3) is 0 Å². The zero-order chi connectivity index (χ0) is 16.4. The Kier molecular flexibility index (Phi) is 4.24. The number of nitrogens with zero attached hydrogens (tertiary/aromatic N) is 3. The number of nitrogens with one attached hydrogen (secondary N) is 1. The number of carbonyl (C=O) groups is 3. The number of primary amides is 1. The number of aromatic nitrogens is 1. The molecule has 0 radical (unpaired) electrons. The van der Waals surface area contributed by atoms with Crippen molar-refractivity contribution in [2.45, 2.75) is 25.8 Å². The van der Waals surface area contributed by atoms with E-state index in [4.69, 9.17) is 5.73 Å². The molecule has 0 unspecified atom stereocenters. The maximum Gasteiger partial charge on any atom is 0.331 e. The number of pyridine rings is 1. The molecule has 0 atom stereocenters. The molecule has 8 nitrogen and oxygen atoms in total. The van der Waals surface area contributed by atoms with Crippen molar-refractivity contribution in [3.05, 3.63) is 23.5 Å². The van der Waals surface area contributed by atoms with Crippen molar-refractivity contribution < 1.29 is 14.4 Å². The van der Waals surface area contributed by atoms with Gasteiger partial charge in [-0.2, -0.15) is 0 Å². The molecule has 8 heteroatoms. The van der Waals surface area contributed by atoms with E-state index in [1.807, 2.05) is 0 Å². The molecule has 0 aliphatic carbocycles. The van der Waals surface area contributed by atoms with Crippen molar-refractivity contribution in [2.75, 3.05) is 24.5 Å². The standard InChI is InChI=1S/C15H19N5O3/c16-13(21)2-5-19-6-3-14(22)20(15(19)23)12-9-18-8-10-7-17-4-1-11(10)12/h8-9,17H,1-7H2,(H2,16,21). The first-order valence-electron chi connectivity index (χ1n) is 7.64. The van der Waals surface area contributed by atoms with E-state index in [1.165, 1.54) is 9.80 Å². The Hall–Kier alpha value is -2.48. The van der Waals surface area contributed by atoms with Gasteiger partial charge in [-0.05, 0) is 24.1 Å². The van der Waals surface area contributed by atoms with E-state index >= 15 is 0 Å². The fraction of sp³-hybridized carbons (Fsp3) is 0.467. The molecule has 23 heavy (non-hydrogen) atoms. The van der Waals surface area contributed by atoms with Gasteiger partial charge in [0.05, 0.1) is 11.9 Å². The molecule has 1 aromatic heterocycles. The van der Waals surface area contributed by atoms with Gasteiger partial charge in [0, 0.05) is 38.7 Å². The van der Waals surface area contributed by atoms with Crippen molar-refractivity contribution in [3.63, 3.8) is 0 Å². The van der Waals surface area contributed by atoms with Crippen LogP contribution in [0.15, 0.2) is 12.4 Å². The number of nitrogens with two attached hydrogens (primary N) is 1. The van der Waals surface area contributed by atoms with Crippen molar-refractivity contribution in [3.8, 4) is 0 Å². The molecule has 3 N–H and O–H groups in total. The predicted molar refractivity (Wildman–Crippen MR) is 82.5 cm³/mol. The Balaban J connectivity index is 1.89. The van der Waals surface area contributed by atoms with Crippen LogP contribution in [0, 0.1) is 0 Å². The van der Waals surface area contributed by atoms with E-state index in [2.05, 4.69) is 10.3 Å². The van der Waals surface area contributed by atoms with Gasteiger partial charge in [-0.25, -0.2) is 9.69 Å². The Bertz CT molecular complexity index is 661. The smallest absolute Gasteiger partial charge is 0.331 e. The lowest BCUT2D eigenvalue weighted by Gasteiger charge is -2.35. The second-order valence-corrected chi connectivity index (χ2v) is 5.69. The number of imide groups is 1. The summed E-state index contributed by atoms with van der Waals surface area (Å²) in [4.78, 5) is 42.8. The second-order valence-electron chi connectivity index (χ2n) is 5.69. The molecule has 2 aliphatic heterocycles. The Morgan fingerprint density at radius 1 is 1.30 bits per heavy atom. The van der Waals surface area contributed by atoms with Gasteiger partial charge in [0.1, 0.15) is 0 Å². The lowest BCUT2D eigenvalue weighted by atomic mass is 10.0. The van der Waals surface area contributed by atoms with Gasteiger partial charge in [-0.15, -0.1) is 0 Å². The molecule has 2 aliphatic rings. The first-order chi connectivity index (χ1) is 11.1. The number of rotatable bonds is 4. The van der Waals surface area contributed by atoms with E-state index in [1.54, 1.807) is 12.4 Å². The summed E-state index contributed by atoms with van der Waals surface area (Å²) in [6.07, 6.45) is 4.38. The number of urea groups is 1. The summed E-state index contributed by atoms with van der Waals surface area (Å²) in [5.41, 5.74) is 7.69.